The van der Waals surface area contributed by atoms with Crippen molar-refractivity contribution in [1.29, 1.82) is 0 Å². The molecule has 1 aromatic rings. The standard InChI is InChI=1S/C17H24N2O/c1-14(2)16(20)19-9-8-17(13-19)11-18(12-17)10-15-6-4-3-5-7-15/h3-7,14H,8-13H2,1-2H3. The van der Waals surface area contributed by atoms with Crippen LogP contribution in [0.1, 0.15) is 25.8 Å². The molecule has 2 aliphatic heterocycles. The van der Waals surface area contributed by atoms with E-state index in [-0.39, 0.29) is 5.92 Å². The van der Waals surface area contributed by atoms with Crippen molar-refractivity contribution >= 4 is 5.91 Å². The molecule has 2 saturated heterocycles. The van der Waals surface area contributed by atoms with Gasteiger partial charge in [-0.25, -0.2) is 0 Å². The first-order valence-electron chi connectivity index (χ1n) is 7.63. The van der Waals surface area contributed by atoms with Crippen LogP contribution in [-0.2, 0) is 11.3 Å². The summed E-state index contributed by atoms with van der Waals surface area (Å²) in [6.45, 7) is 9.24. The molecule has 3 heteroatoms. The van der Waals surface area contributed by atoms with E-state index in [4.69, 9.17) is 0 Å². The number of rotatable bonds is 3. The molecule has 2 aliphatic rings. The minimum Gasteiger partial charge on any atom is -0.342 e. The lowest BCUT2D eigenvalue weighted by molar-refractivity contribution is -0.134. The lowest BCUT2D eigenvalue weighted by Crippen LogP contribution is -2.57. The second-order valence-corrected chi connectivity index (χ2v) is 6.80. The van der Waals surface area contributed by atoms with Gasteiger partial charge in [-0.3, -0.25) is 9.69 Å². The Kier molecular flexibility index (Phi) is 3.55. The highest BCUT2D eigenvalue weighted by atomic mass is 16.2. The molecule has 0 unspecified atom stereocenters. The van der Waals surface area contributed by atoms with Crippen LogP contribution in [0.25, 0.3) is 0 Å². The molecule has 0 atom stereocenters. The molecule has 1 aromatic carbocycles. The van der Waals surface area contributed by atoms with Crippen LogP contribution in [0.5, 0.6) is 0 Å². The zero-order chi connectivity index (χ0) is 14.2. The maximum Gasteiger partial charge on any atom is 0.225 e. The number of hydrogen-bond donors (Lipinski definition) is 0. The van der Waals surface area contributed by atoms with Gasteiger partial charge in [0, 0.05) is 44.1 Å². The molecule has 108 valence electrons. The monoisotopic (exact) mass is 272 g/mol. The molecule has 1 amide bonds. The number of carbonyl (C=O) groups is 1. The van der Waals surface area contributed by atoms with E-state index in [1.54, 1.807) is 0 Å². The third kappa shape index (κ3) is 2.59. The van der Waals surface area contributed by atoms with Crippen molar-refractivity contribution in [2.45, 2.75) is 26.8 Å². The Morgan fingerprint density at radius 3 is 2.55 bits per heavy atom. The van der Waals surface area contributed by atoms with Crippen LogP contribution in [0.3, 0.4) is 0 Å². The molecule has 2 fully saturated rings. The summed E-state index contributed by atoms with van der Waals surface area (Å²) in [4.78, 5) is 16.6. The number of hydrogen-bond acceptors (Lipinski definition) is 2. The summed E-state index contributed by atoms with van der Waals surface area (Å²) in [6.07, 6.45) is 1.18. The highest BCUT2D eigenvalue weighted by molar-refractivity contribution is 5.78. The third-order valence-electron chi connectivity index (χ3n) is 4.61. The minimum atomic E-state index is 0.130. The number of carbonyl (C=O) groups excluding carboxylic acids is 1. The van der Waals surface area contributed by atoms with Gasteiger partial charge in [0.2, 0.25) is 5.91 Å². The molecular weight excluding hydrogens is 248 g/mol. The topological polar surface area (TPSA) is 23.6 Å². The fourth-order valence-corrected chi connectivity index (χ4v) is 3.60. The molecule has 3 rings (SSSR count). The number of likely N-dealkylation sites (tertiary alicyclic amines) is 2. The second-order valence-electron chi connectivity index (χ2n) is 6.80. The molecular formula is C17H24N2O. The Bertz CT molecular complexity index is 477. The molecule has 0 radical (unpaired) electrons. The normalized spacial score (nSPS) is 21.4. The lowest BCUT2D eigenvalue weighted by atomic mass is 9.79. The predicted octanol–water partition coefficient (Wildman–Crippen LogP) is 2.38. The predicted molar refractivity (Wildman–Crippen MR) is 80.2 cm³/mol. The third-order valence-corrected chi connectivity index (χ3v) is 4.61. The van der Waals surface area contributed by atoms with Crippen molar-refractivity contribution in [2.24, 2.45) is 11.3 Å². The van der Waals surface area contributed by atoms with Gasteiger partial charge >= 0.3 is 0 Å². The highest BCUT2D eigenvalue weighted by Crippen LogP contribution is 2.40. The first-order chi connectivity index (χ1) is 9.58. The maximum atomic E-state index is 12.1. The highest BCUT2D eigenvalue weighted by Gasteiger charge is 2.48. The fourth-order valence-electron chi connectivity index (χ4n) is 3.60. The Balaban J connectivity index is 1.52. The van der Waals surface area contributed by atoms with Gasteiger partial charge in [-0.2, -0.15) is 0 Å². The quantitative estimate of drug-likeness (QED) is 0.843. The van der Waals surface area contributed by atoms with Crippen molar-refractivity contribution < 1.29 is 4.79 Å². The van der Waals surface area contributed by atoms with E-state index in [9.17, 15) is 4.79 Å². The van der Waals surface area contributed by atoms with Crippen LogP contribution < -0.4 is 0 Å². The largest absolute Gasteiger partial charge is 0.342 e. The summed E-state index contributed by atoms with van der Waals surface area (Å²) in [5, 5.41) is 0. The van der Waals surface area contributed by atoms with Crippen molar-refractivity contribution in [3.05, 3.63) is 35.9 Å². The van der Waals surface area contributed by atoms with E-state index < -0.39 is 0 Å². The first kappa shape index (κ1) is 13.6. The fraction of sp³-hybridized carbons (Fsp3) is 0.588. The van der Waals surface area contributed by atoms with Gasteiger partial charge in [0.15, 0.2) is 0 Å². The molecule has 3 nitrogen and oxygen atoms in total. The van der Waals surface area contributed by atoms with Crippen molar-refractivity contribution in [2.75, 3.05) is 26.2 Å². The molecule has 2 heterocycles. The van der Waals surface area contributed by atoms with Crippen LogP contribution in [0.4, 0.5) is 0 Å². The van der Waals surface area contributed by atoms with E-state index in [1.807, 2.05) is 13.8 Å². The first-order valence-corrected chi connectivity index (χ1v) is 7.63. The van der Waals surface area contributed by atoms with Gasteiger partial charge in [-0.15, -0.1) is 0 Å². The van der Waals surface area contributed by atoms with Gasteiger partial charge in [-0.1, -0.05) is 44.2 Å². The molecule has 0 saturated carbocycles. The maximum absolute atomic E-state index is 12.1. The summed E-state index contributed by atoms with van der Waals surface area (Å²) >= 11 is 0. The van der Waals surface area contributed by atoms with E-state index in [0.717, 1.165) is 32.7 Å². The van der Waals surface area contributed by atoms with Crippen LogP contribution in [-0.4, -0.2) is 41.9 Å². The molecule has 0 N–H and O–H groups in total. The van der Waals surface area contributed by atoms with Crippen LogP contribution in [0.2, 0.25) is 0 Å². The zero-order valence-electron chi connectivity index (χ0n) is 12.5. The van der Waals surface area contributed by atoms with Gasteiger partial charge in [0.25, 0.3) is 0 Å². The lowest BCUT2D eigenvalue weighted by Gasteiger charge is -2.48. The number of benzene rings is 1. The van der Waals surface area contributed by atoms with Crippen LogP contribution in [0, 0.1) is 11.3 Å². The van der Waals surface area contributed by atoms with E-state index >= 15 is 0 Å². The Hall–Kier alpha value is -1.35. The zero-order valence-corrected chi connectivity index (χ0v) is 12.5. The summed E-state index contributed by atoms with van der Waals surface area (Å²) in [7, 11) is 0. The molecule has 0 aliphatic carbocycles. The SMILES string of the molecule is CC(C)C(=O)N1CCC2(CN(Cc3ccccc3)C2)C1. The smallest absolute Gasteiger partial charge is 0.225 e. The van der Waals surface area contributed by atoms with Gasteiger partial charge in [0.1, 0.15) is 0 Å². The number of nitrogens with zero attached hydrogens (tertiary/aromatic N) is 2. The Morgan fingerprint density at radius 2 is 1.90 bits per heavy atom. The molecule has 1 spiro atoms. The van der Waals surface area contributed by atoms with Crippen molar-refractivity contribution in [1.82, 2.24) is 9.80 Å². The van der Waals surface area contributed by atoms with E-state index in [0.29, 0.717) is 11.3 Å². The summed E-state index contributed by atoms with van der Waals surface area (Å²) in [5.41, 5.74) is 1.77. The Morgan fingerprint density at radius 1 is 1.20 bits per heavy atom. The van der Waals surface area contributed by atoms with Crippen molar-refractivity contribution in [3.63, 3.8) is 0 Å². The molecule has 0 aromatic heterocycles. The average molecular weight is 272 g/mol. The Labute approximate surface area is 121 Å². The summed E-state index contributed by atoms with van der Waals surface area (Å²) in [6, 6.07) is 10.6. The van der Waals surface area contributed by atoms with Crippen molar-refractivity contribution in [3.8, 4) is 0 Å². The van der Waals surface area contributed by atoms with Gasteiger partial charge in [0.05, 0.1) is 0 Å². The summed E-state index contributed by atoms with van der Waals surface area (Å²) < 4.78 is 0. The average Bonchev–Trinajstić information content (AvgIpc) is 2.83. The minimum absolute atomic E-state index is 0.130. The van der Waals surface area contributed by atoms with E-state index in [1.165, 1.54) is 12.0 Å². The van der Waals surface area contributed by atoms with Crippen LogP contribution >= 0.6 is 0 Å². The molecule has 0 bridgehead atoms. The van der Waals surface area contributed by atoms with E-state index in [2.05, 4.69) is 40.1 Å². The molecule has 20 heavy (non-hydrogen) atoms. The van der Waals surface area contributed by atoms with Gasteiger partial charge < -0.3 is 4.90 Å². The summed E-state index contributed by atoms with van der Waals surface area (Å²) in [5.74, 6) is 0.453. The number of amides is 1. The van der Waals surface area contributed by atoms with Crippen LogP contribution in [0.15, 0.2) is 30.3 Å². The van der Waals surface area contributed by atoms with Gasteiger partial charge in [-0.05, 0) is 12.0 Å². The second kappa shape index (κ2) is 5.21.